The van der Waals surface area contributed by atoms with Crippen LogP contribution in [0.5, 0.6) is 17.4 Å². The van der Waals surface area contributed by atoms with E-state index < -0.39 is 0 Å². The number of aromatic nitrogens is 3. The van der Waals surface area contributed by atoms with Gasteiger partial charge in [0.1, 0.15) is 23.9 Å². The summed E-state index contributed by atoms with van der Waals surface area (Å²) in [7, 11) is 0. The van der Waals surface area contributed by atoms with E-state index in [9.17, 15) is 4.79 Å². The average Bonchev–Trinajstić information content (AvgIpc) is 3.50. The molecular formula is C27H29N5O3. The van der Waals surface area contributed by atoms with Crippen molar-refractivity contribution in [1.82, 2.24) is 19.5 Å². The molecular weight excluding hydrogens is 442 g/mol. The maximum absolute atomic E-state index is 13.1. The van der Waals surface area contributed by atoms with Gasteiger partial charge in [-0.3, -0.25) is 9.69 Å². The van der Waals surface area contributed by atoms with Gasteiger partial charge < -0.3 is 15.2 Å². The summed E-state index contributed by atoms with van der Waals surface area (Å²) in [5.74, 6) is 2.17. The summed E-state index contributed by atoms with van der Waals surface area (Å²) in [5, 5.41) is 4.38. The molecule has 0 bridgehead atoms. The predicted molar refractivity (Wildman–Crippen MR) is 134 cm³/mol. The molecule has 0 radical (unpaired) electrons. The normalized spacial score (nSPS) is 13.9. The van der Waals surface area contributed by atoms with Crippen molar-refractivity contribution < 1.29 is 14.3 Å². The lowest BCUT2D eigenvalue weighted by Crippen LogP contribution is -2.25. The van der Waals surface area contributed by atoms with Crippen LogP contribution in [0.3, 0.4) is 0 Å². The Labute approximate surface area is 204 Å². The van der Waals surface area contributed by atoms with Gasteiger partial charge in [0.15, 0.2) is 11.4 Å². The number of benzene rings is 2. The lowest BCUT2D eigenvalue weighted by molar-refractivity contribution is 0.0992. The van der Waals surface area contributed by atoms with E-state index in [2.05, 4.69) is 15.0 Å². The van der Waals surface area contributed by atoms with E-state index in [4.69, 9.17) is 15.2 Å². The molecule has 1 saturated heterocycles. The van der Waals surface area contributed by atoms with Gasteiger partial charge >= 0.3 is 0 Å². The van der Waals surface area contributed by atoms with E-state index in [0.717, 1.165) is 36.5 Å². The molecule has 8 nitrogen and oxygen atoms in total. The Bertz CT molecular complexity index is 1340. The summed E-state index contributed by atoms with van der Waals surface area (Å²) in [6.45, 7) is 5.82. The molecule has 0 amide bonds. The number of nitrogen functional groups attached to an aromatic ring is 1. The van der Waals surface area contributed by atoms with Gasteiger partial charge in [0.2, 0.25) is 5.88 Å². The zero-order chi connectivity index (χ0) is 24.2. The van der Waals surface area contributed by atoms with Gasteiger partial charge in [-0.2, -0.15) is 0 Å². The standard InChI is InChI=1S/C27H29N5O3/c1-19-7-8-23(35-27-10-9-26-29-25(28)18-32(26)30-27)16-21(19)17-24(33)20-5-4-6-22(15-20)34-14-13-31-11-2-3-12-31/h4-10,15-16,18H,2-3,11-14,17,28H2,1H3. The fraction of sp³-hybridized carbons (Fsp3) is 0.296. The molecule has 0 spiro atoms. The molecule has 1 fully saturated rings. The van der Waals surface area contributed by atoms with Crippen LogP contribution < -0.4 is 15.2 Å². The van der Waals surface area contributed by atoms with E-state index in [1.807, 2.05) is 49.4 Å². The van der Waals surface area contributed by atoms with Crippen molar-refractivity contribution in [2.24, 2.45) is 0 Å². The number of nitrogens with zero attached hydrogens (tertiary/aromatic N) is 4. The third-order valence-electron chi connectivity index (χ3n) is 6.24. The number of aryl methyl sites for hydroxylation is 1. The topological polar surface area (TPSA) is 95.0 Å². The smallest absolute Gasteiger partial charge is 0.237 e. The number of Topliss-reactive ketones (excluding diaryl/α,β-unsaturated/α-hetero) is 1. The molecule has 5 rings (SSSR count). The number of hydrogen-bond acceptors (Lipinski definition) is 7. The minimum Gasteiger partial charge on any atom is -0.492 e. The summed E-state index contributed by atoms with van der Waals surface area (Å²) < 4.78 is 13.4. The molecule has 0 saturated carbocycles. The maximum atomic E-state index is 13.1. The van der Waals surface area contributed by atoms with Crippen LogP contribution in [-0.2, 0) is 6.42 Å². The predicted octanol–water partition coefficient (Wildman–Crippen LogP) is 4.31. The number of ketones is 1. The van der Waals surface area contributed by atoms with Crippen molar-refractivity contribution in [2.75, 3.05) is 32.0 Å². The highest BCUT2D eigenvalue weighted by Crippen LogP contribution is 2.25. The second-order valence-corrected chi connectivity index (χ2v) is 8.86. The third kappa shape index (κ3) is 5.60. The molecule has 3 heterocycles. The lowest BCUT2D eigenvalue weighted by atomic mass is 9.99. The Morgan fingerprint density at radius 2 is 1.91 bits per heavy atom. The number of carbonyl (C=O) groups is 1. The van der Waals surface area contributed by atoms with Crippen LogP contribution in [0.2, 0.25) is 0 Å². The van der Waals surface area contributed by atoms with Crippen LogP contribution in [0.15, 0.2) is 60.8 Å². The summed E-state index contributed by atoms with van der Waals surface area (Å²) in [6.07, 6.45) is 4.43. The molecule has 0 aliphatic carbocycles. The summed E-state index contributed by atoms with van der Waals surface area (Å²) in [4.78, 5) is 19.7. The molecule has 0 unspecified atom stereocenters. The van der Waals surface area contributed by atoms with E-state index >= 15 is 0 Å². The number of imidazole rings is 1. The second-order valence-electron chi connectivity index (χ2n) is 8.86. The Kier molecular flexibility index (Phi) is 6.63. The molecule has 2 aromatic carbocycles. The molecule has 1 aliphatic heterocycles. The van der Waals surface area contributed by atoms with E-state index in [1.165, 1.54) is 12.8 Å². The van der Waals surface area contributed by atoms with Gasteiger partial charge in [-0.25, -0.2) is 9.50 Å². The highest BCUT2D eigenvalue weighted by molar-refractivity contribution is 5.98. The van der Waals surface area contributed by atoms with Crippen LogP contribution in [0.1, 0.15) is 34.3 Å². The number of hydrogen-bond donors (Lipinski definition) is 1. The van der Waals surface area contributed by atoms with Crippen LogP contribution in [0, 0.1) is 6.92 Å². The molecule has 0 atom stereocenters. The van der Waals surface area contributed by atoms with Crippen LogP contribution in [-0.4, -0.2) is 51.5 Å². The van der Waals surface area contributed by atoms with E-state index in [1.54, 1.807) is 22.8 Å². The largest absolute Gasteiger partial charge is 0.492 e. The maximum Gasteiger partial charge on any atom is 0.237 e. The van der Waals surface area contributed by atoms with Gasteiger partial charge in [0, 0.05) is 24.6 Å². The average molecular weight is 472 g/mol. The molecule has 180 valence electrons. The summed E-state index contributed by atoms with van der Waals surface area (Å²) in [5.41, 5.74) is 8.94. The first-order valence-electron chi connectivity index (χ1n) is 11.9. The number of nitrogens with two attached hydrogens (primary N) is 1. The molecule has 35 heavy (non-hydrogen) atoms. The minimum absolute atomic E-state index is 0.0312. The molecule has 1 aliphatic rings. The van der Waals surface area contributed by atoms with Crippen molar-refractivity contribution in [1.29, 1.82) is 0 Å². The number of fused-ring (bicyclic) bond motifs is 1. The van der Waals surface area contributed by atoms with Crippen LogP contribution in [0.25, 0.3) is 5.65 Å². The number of likely N-dealkylation sites (tertiary alicyclic amines) is 1. The summed E-state index contributed by atoms with van der Waals surface area (Å²) >= 11 is 0. The molecule has 2 N–H and O–H groups in total. The van der Waals surface area contributed by atoms with Crippen LogP contribution in [0.4, 0.5) is 5.82 Å². The Morgan fingerprint density at radius 3 is 2.77 bits per heavy atom. The van der Waals surface area contributed by atoms with E-state index in [-0.39, 0.29) is 12.2 Å². The fourth-order valence-corrected chi connectivity index (χ4v) is 4.29. The third-order valence-corrected chi connectivity index (χ3v) is 6.24. The van der Waals surface area contributed by atoms with Crippen molar-refractivity contribution in [3.63, 3.8) is 0 Å². The van der Waals surface area contributed by atoms with Crippen LogP contribution >= 0.6 is 0 Å². The number of ether oxygens (including phenoxy) is 2. The second kappa shape index (κ2) is 10.1. The Balaban J connectivity index is 1.24. The van der Waals surface area contributed by atoms with Crippen molar-refractivity contribution in [3.05, 3.63) is 77.5 Å². The molecule has 8 heteroatoms. The van der Waals surface area contributed by atoms with Gasteiger partial charge in [-0.1, -0.05) is 18.2 Å². The first-order valence-corrected chi connectivity index (χ1v) is 11.9. The first-order chi connectivity index (χ1) is 17.0. The lowest BCUT2D eigenvalue weighted by Gasteiger charge is -2.15. The highest BCUT2D eigenvalue weighted by Gasteiger charge is 2.13. The quantitative estimate of drug-likeness (QED) is 0.363. The SMILES string of the molecule is Cc1ccc(Oc2ccc3nc(N)cn3n2)cc1CC(=O)c1cccc(OCCN2CCCC2)c1. The molecule has 2 aromatic heterocycles. The van der Waals surface area contributed by atoms with Crippen molar-refractivity contribution in [3.8, 4) is 17.4 Å². The molecule has 4 aromatic rings. The van der Waals surface area contributed by atoms with Gasteiger partial charge in [-0.05, 0) is 74.3 Å². The van der Waals surface area contributed by atoms with Crippen molar-refractivity contribution >= 4 is 17.2 Å². The highest BCUT2D eigenvalue weighted by atomic mass is 16.5. The Morgan fingerprint density at radius 1 is 1.06 bits per heavy atom. The Hall–Kier alpha value is -3.91. The minimum atomic E-state index is 0.0312. The van der Waals surface area contributed by atoms with Gasteiger partial charge in [0.05, 0.1) is 6.20 Å². The number of anilines is 1. The number of rotatable bonds is 9. The van der Waals surface area contributed by atoms with Gasteiger partial charge in [-0.15, -0.1) is 5.10 Å². The zero-order valence-electron chi connectivity index (χ0n) is 19.8. The zero-order valence-corrected chi connectivity index (χ0v) is 19.8. The fourth-order valence-electron chi connectivity index (χ4n) is 4.29. The van der Waals surface area contributed by atoms with Crippen molar-refractivity contribution in [2.45, 2.75) is 26.2 Å². The van der Waals surface area contributed by atoms with Gasteiger partial charge in [0.25, 0.3) is 0 Å². The summed E-state index contributed by atoms with van der Waals surface area (Å²) in [6, 6.07) is 16.7. The number of carbonyl (C=O) groups excluding carboxylic acids is 1. The van der Waals surface area contributed by atoms with E-state index in [0.29, 0.717) is 35.3 Å². The first kappa shape index (κ1) is 22.9. The monoisotopic (exact) mass is 471 g/mol.